The Morgan fingerprint density at radius 1 is 1.35 bits per heavy atom. The van der Waals surface area contributed by atoms with Crippen LogP contribution in [0.2, 0.25) is 5.02 Å². The summed E-state index contributed by atoms with van der Waals surface area (Å²) in [4.78, 5) is 25.5. The number of amides is 2. The van der Waals surface area contributed by atoms with Crippen molar-refractivity contribution >= 4 is 23.4 Å². The lowest BCUT2D eigenvalue weighted by Gasteiger charge is -2.36. The summed E-state index contributed by atoms with van der Waals surface area (Å²) in [6, 6.07) is 3.84. The second-order valence-electron chi connectivity index (χ2n) is 5.10. The summed E-state index contributed by atoms with van der Waals surface area (Å²) in [7, 11) is 1.53. The van der Waals surface area contributed by atoms with Crippen molar-refractivity contribution in [3.63, 3.8) is 0 Å². The number of nitrogens with zero attached hydrogens (tertiary/aromatic N) is 1. The van der Waals surface area contributed by atoms with Crippen molar-refractivity contribution in [1.82, 2.24) is 4.90 Å². The van der Waals surface area contributed by atoms with E-state index in [9.17, 15) is 14.0 Å². The molecule has 20 heavy (non-hydrogen) atoms. The molecule has 0 aliphatic heterocycles. The van der Waals surface area contributed by atoms with Crippen molar-refractivity contribution in [2.24, 2.45) is 5.73 Å². The van der Waals surface area contributed by atoms with Gasteiger partial charge in [-0.15, -0.1) is 0 Å². The molecule has 108 valence electrons. The summed E-state index contributed by atoms with van der Waals surface area (Å²) in [5, 5.41) is -0.0466. The average Bonchev–Trinajstić information content (AvgIpc) is 2.91. The van der Waals surface area contributed by atoms with Gasteiger partial charge in [-0.25, -0.2) is 4.39 Å². The minimum atomic E-state index is -0.965. The number of hydrogen-bond donors (Lipinski definition) is 1. The van der Waals surface area contributed by atoms with Crippen molar-refractivity contribution < 1.29 is 14.0 Å². The Hall–Kier alpha value is -1.62. The zero-order valence-corrected chi connectivity index (χ0v) is 11.9. The number of primary amides is 1. The average molecular weight is 299 g/mol. The normalized spacial score (nSPS) is 16.9. The van der Waals surface area contributed by atoms with Crippen LogP contribution in [-0.4, -0.2) is 29.3 Å². The van der Waals surface area contributed by atoms with Gasteiger partial charge in [0.05, 0.1) is 5.02 Å². The first-order valence-corrected chi connectivity index (χ1v) is 6.79. The Balaban J connectivity index is 2.31. The molecule has 2 amide bonds. The van der Waals surface area contributed by atoms with Crippen molar-refractivity contribution in [2.45, 2.75) is 31.2 Å². The van der Waals surface area contributed by atoms with Crippen molar-refractivity contribution in [3.8, 4) is 0 Å². The zero-order valence-electron chi connectivity index (χ0n) is 11.2. The maximum absolute atomic E-state index is 13.4. The third kappa shape index (κ3) is 2.38. The second-order valence-corrected chi connectivity index (χ2v) is 5.50. The standard InChI is InChI=1S/C14H16ClFN2O2/c1-18(14(13(17)20)6-2-3-7-14)12(19)9-4-5-10(15)11(16)8-9/h4-5,8H,2-3,6-7H2,1H3,(H2,17,20). The molecular formula is C14H16ClFN2O2. The van der Waals surface area contributed by atoms with E-state index in [1.807, 2.05) is 0 Å². The highest BCUT2D eigenvalue weighted by molar-refractivity contribution is 6.30. The molecule has 0 heterocycles. The SMILES string of the molecule is CN(C(=O)c1ccc(Cl)c(F)c1)C1(C(N)=O)CCCC1. The zero-order chi connectivity index (χ0) is 14.9. The van der Waals surface area contributed by atoms with Gasteiger partial charge in [-0.1, -0.05) is 24.4 Å². The van der Waals surface area contributed by atoms with Crippen LogP contribution in [0.15, 0.2) is 18.2 Å². The summed E-state index contributed by atoms with van der Waals surface area (Å²) in [5.41, 5.74) is 4.67. The molecule has 1 aromatic rings. The lowest BCUT2D eigenvalue weighted by molar-refractivity contribution is -0.127. The fourth-order valence-corrected chi connectivity index (χ4v) is 2.84. The van der Waals surface area contributed by atoms with E-state index in [1.165, 1.54) is 24.1 Å². The molecule has 1 aliphatic carbocycles. The summed E-state index contributed by atoms with van der Waals surface area (Å²) in [6.07, 6.45) is 2.77. The number of nitrogens with two attached hydrogens (primary N) is 1. The monoisotopic (exact) mass is 298 g/mol. The van der Waals surface area contributed by atoms with Crippen LogP contribution in [0.4, 0.5) is 4.39 Å². The molecule has 0 unspecified atom stereocenters. The van der Waals surface area contributed by atoms with E-state index in [1.54, 1.807) is 0 Å². The number of carbonyl (C=O) groups is 2. The van der Waals surface area contributed by atoms with Gasteiger partial charge in [-0.05, 0) is 31.0 Å². The molecule has 2 N–H and O–H groups in total. The lowest BCUT2D eigenvalue weighted by Crippen LogP contribution is -2.56. The summed E-state index contributed by atoms with van der Waals surface area (Å²) < 4.78 is 13.4. The molecule has 6 heteroatoms. The van der Waals surface area contributed by atoms with Crippen LogP contribution in [0.3, 0.4) is 0 Å². The number of halogens is 2. The molecule has 1 fully saturated rings. The molecule has 2 rings (SSSR count). The minimum absolute atomic E-state index is 0.0466. The third-order valence-electron chi connectivity index (χ3n) is 4.00. The first-order valence-electron chi connectivity index (χ1n) is 6.41. The Labute approximate surface area is 121 Å². The first-order chi connectivity index (χ1) is 9.38. The molecular weight excluding hydrogens is 283 g/mol. The number of hydrogen-bond acceptors (Lipinski definition) is 2. The number of carbonyl (C=O) groups excluding carboxylic acids is 2. The van der Waals surface area contributed by atoms with Crippen LogP contribution in [-0.2, 0) is 4.79 Å². The van der Waals surface area contributed by atoms with Gasteiger partial charge in [0.25, 0.3) is 5.91 Å². The molecule has 0 radical (unpaired) electrons. The quantitative estimate of drug-likeness (QED) is 0.931. The molecule has 0 aromatic heterocycles. The van der Waals surface area contributed by atoms with Crippen LogP contribution in [0.25, 0.3) is 0 Å². The minimum Gasteiger partial charge on any atom is -0.368 e. The first kappa shape index (κ1) is 14.8. The maximum atomic E-state index is 13.4. The van der Waals surface area contributed by atoms with Gasteiger partial charge in [-0.3, -0.25) is 9.59 Å². The van der Waals surface area contributed by atoms with E-state index >= 15 is 0 Å². The highest BCUT2D eigenvalue weighted by Gasteiger charge is 2.45. The molecule has 1 aromatic carbocycles. The second kappa shape index (κ2) is 5.40. The lowest BCUT2D eigenvalue weighted by atomic mass is 9.94. The van der Waals surface area contributed by atoms with E-state index in [0.717, 1.165) is 18.9 Å². The van der Waals surface area contributed by atoms with Gasteiger partial charge in [0.1, 0.15) is 11.4 Å². The van der Waals surface area contributed by atoms with Gasteiger partial charge >= 0.3 is 0 Å². The Morgan fingerprint density at radius 2 is 1.95 bits per heavy atom. The Bertz CT molecular complexity index is 556. The predicted molar refractivity (Wildman–Crippen MR) is 73.9 cm³/mol. The summed E-state index contributed by atoms with van der Waals surface area (Å²) >= 11 is 5.60. The smallest absolute Gasteiger partial charge is 0.254 e. The highest BCUT2D eigenvalue weighted by Crippen LogP contribution is 2.35. The molecule has 0 saturated heterocycles. The number of likely N-dealkylation sites (N-methyl/N-ethyl adjacent to an activating group) is 1. The third-order valence-corrected chi connectivity index (χ3v) is 4.31. The van der Waals surface area contributed by atoms with Crippen molar-refractivity contribution in [2.75, 3.05) is 7.05 Å². The maximum Gasteiger partial charge on any atom is 0.254 e. The predicted octanol–water partition coefficient (Wildman–Crippen LogP) is 2.35. The molecule has 0 bridgehead atoms. The van der Waals surface area contributed by atoms with E-state index in [2.05, 4.69) is 0 Å². The van der Waals surface area contributed by atoms with Crippen molar-refractivity contribution in [1.29, 1.82) is 0 Å². The van der Waals surface area contributed by atoms with Crippen LogP contribution in [0, 0.1) is 5.82 Å². The Morgan fingerprint density at radius 3 is 2.45 bits per heavy atom. The van der Waals surface area contributed by atoms with Crippen LogP contribution >= 0.6 is 11.6 Å². The fourth-order valence-electron chi connectivity index (χ4n) is 2.72. The van der Waals surface area contributed by atoms with Crippen LogP contribution in [0.5, 0.6) is 0 Å². The Kier molecular flexibility index (Phi) is 3.99. The molecule has 4 nitrogen and oxygen atoms in total. The van der Waals surface area contributed by atoms with Crippen LogP contribution in [0.1, 0.15) is 36.0 Å². The largest absolute Gasteiger partial charge is 0.368 e. The van der Waals surface area contributed by atoms with E-state index < -0.39 is 23.2 Å². The topological polar surface area (TPSA) is 63.4 Å². The number of benzene rings is 1. The van der Waals surface area contributed by atoms with Crippen molar-refractivity contribution in [3.05, 3.63) is 34.6 Å². The molecule has 1 aliphatic rings. The highest BCUT2D eigenvalue weighted by atomic mass is 35.5. The van der Waals surface area contributed by atoms with Gasteiger partial charge in [0.15, 0.2) is 0 Å². The number of rotatable bonds is 3. The van der Waals surface area contributed by atoms with Gasteiger partial charge < -0.3 is 10.6 Å². The molecule has 0 atom stereocenters. The van der Waals surface area contributed by atoms with E-state index in [-0.39, 0.29) is 10.6 Å². The fraction of sp³-hybridized carbons (Fsp3) is 0.429. The van der Waals surface area contributed by atoms with E-state index in [0.29, 0.717) is 12.8 Å². The summed E-state index contributed by atoms with van der Waals surface area (Å²) in [6.45, 7) is 0. The van der Waals surface area contributed by atoms with Crippen LogP contribution < -0.4 is 5.73 Å². The van der Waals surface area contributed by atoms with Gasteiger partial charge in [0.2, 0.25) is 5.91 Å². The molecule has 0 spiro atoms. The van der Waals surface area contributed by atoms with E-state index in [4.69, 9.17) is 17.3 Å². The molecule has 1 saturated carbocycles. The van der Waals surface area contributed by atoms with Gasteiger partial charge in [0, 0.05) is 12.6 Å². The van der Waals surface area contributed by atoms with Gasteiger partial charge in [-0.2, -0.15) is 0 Å². The summed E-state index contributed by atoms with van der Waals surface area (Å²) in [5.74, 6) is -1.60.